The molecule has 12 atom stereocenters. The van der Waals surface area contributed by atoms with Crippen molar-refractivity contribution in [2.75, 3.05) is 13.7 Å². The maximum Gasteiger partial charge on any atom is 0.323 e. The van der Waals surface area contributed by atoms with Crippen molar-refractivity contribution in [3.63, 3.8) is 0 Å². The molecule has 0 fully saturated rings. The number of rotatable bonds is 43. The van der Waals surface area contributed by atoms with Crippen LogP contribution in [0.5, 0.6) is 0 Å². The second-order valence-electron chi connectivity index (χ2n) is 21.6. The van der Waals surface area contributed by atoms with E-state index in [1.807, 2.05) is 0 Å². The third-order valence-corrected chi connectivity index (χ3v) is 11.5. The van der Waals surface area contributed by atoms with E-state index in [1.165, 1.54) is 40.7 Å². The highest BCUT2D eigenvalue weighted by atomic mass is 16.6. The molecular formula is C55H87N9O18. The summed E-state index contributed by atoms with van der Waals surface area (Å²) in [5.74, 6) is -10.3. The van der Waals surface area contributed by atoms with Gasteiger partial charge in [0, 0.05) is 51.0 Å². The van der Waals surface area contributed by atoms with Gasteiger partial charge < -0.3 is 59.0 Å². The van der Waals surface area contributed by atoms with Crippen LogP contribution >= 0.6 is 0 Å². The molecule has 27 nitrogen and oxygen atoms in total. The average Bonchev–Trinajstić information content (AvgIpc) is 3.42. The summed E-state index contributed by atoms with van der Waals surface area (Å²) in [6, 6.07) is -10.4. The summed E-state index contributed by atoms with van der Waals surface area (Å²) in [4.78, 5) is 198. The van der Waals surface area contributed by atoms with Crippen molar-refractivity contribution in [1.82, 2.24) is 47.4 Å². The zero-order valence-electron chi connectivity index (χ0n) is 49.3. The van der Waals surface area contributed by atoms with Crippen molar-refractivity contribution in [3.05, 3.63) is 25.3 Å². The smallest absolute Gasteiger partial charge is 0.323 e. The fraction of sp³-hybridized carbons (Fsp3) is 0.655. The molecule has 460 valence electrons. The minimum atomic E-state index is -1.97. The van der Waals surface area contributed by atoms with E-state index in [2.05, 4.69) is 55.7 Å². The summed E-state index contributed by atoms with van der Waals surface area (Å²) in [5.41, 5.74) is -1.83. The second kappa shape index (κ2) is 37.8. The van der Waals surface area contributed by atoms with Gasteiger partial charge in [0.15, 0.2) is 23.9 Å². The Balaban J connectivity index is 7.56. The molecule has 0 aromatic heterocycles. The minimum Gasteiger partial charge on any atom is -0.468 e. The molecule has 8 N–H and O–H groups in total. The van der Waals surface area contributed by atoms with Crippen LogP contribution in [0.15, 0.2) is 25.3 Å². The first kappa shape index (κ1) is 74.9. The highest BCUT2D eigenvalue weighted by Gasteiger charge is 2.40. The normalized spacial score (nSPS) is 15.8. The molecule has 0 heterocycles. The molecule has 0 unspecified atom stereocenters. The summed E-state index contributed by atoms with van der Waals surface area (Å²) in [7, 11) is 1.04. The quantitative estimate of drug-likeness (QED) is 0.0122. The lowest BCUT2D eigenvalue weighted by Gasteiger charge is -2.36. The number of nitrogens with one attached hydrogen (secondary N) is 8. The van der Waals surface area contributed by atoms with Crippen molar-refractivity contribution in [3.8, 4) is 0 Å². The van der Waals surface area contributed by atoms with Crippen molar-refractivity contribution in [2.24, 2.45) is 5.92 Å². The first-order chi connectivity index (χ1) is 38.2. The zero-order chi connectivity index (χ0) is 63.1. The molecule has 27 heteroatoms. The highest BCUT2D eigenvalue weighted by Crippen LogP contribution is 2.19. The Kier molecular flexibility index (Phi) is 34.6. The Bertz CT molecular complexity index is 2250. The van der Waals surface area contributed by atoms with Gasteiger partial charge in [0.1, 0.15) is 60.6 Å². The molecule has 0 aromatic rings. The standard InChI is InChI=1S/C55H87N9O18/c1-15-17-18-38(70)24-37(19-21-44(73)81-54(8,9)10)49(75)63-47(59-35(6)30-68)52(78)64(23-16-2)48(60-36(7)31-69)51(77)62-46(58-34(5)29-67)43(72)25-40(56-32(3)27-65)50(76)61-39(20-22-45(74)82-55(11,12)13)42(71)26-41(53(79)80-14)57-33(4)28-66/h15-16,27-37,39-41,46-48,56-60H,1-2,17-26H2,3-14H3,(H,61,76)(H,62,77)(H,63,75)/t32-,33-,34-,35-,36-,37+,39-,40+,41+,46+,47+,48+/m0/s1. The van der Waals surface area contributed by atoms with Crippen LogP contribution in [-0.4, -0.2) is 187 Å². The van der Waals surface area contributed by atoms with Crippen molar-refractivity contribution in [2.45, 2.75) is 212 Å². The van der Waals surface area contributed by atoms with Crippen LogP contribution in [0, 0.1) is 5.92 Å². The Morgan fingerprint density at radius 3 is 1.43 bits per heavy atom. The lowest BCUT2D eigenvalue weighted by molar-refractivity contribution is -0.156. The summed E-state index contributed by atoms with van der Waals surface area (Å²) in [6.45, 7) is 23.1. The fourth-order valence-electron chi connectivity index (χ4n) is 7.55. The molecule has 82 heavy (non-hydrogen) atoms. The number of amides is 4. The van der Waals surface area contributed by atoms with Crippen molar-refractivity contribution < 1.29 is 86.1 Å². The Labute approximate surface area is 479 Å². The molecule has 0 aliphatic rings. The maximum atomic E-state index is 14.8. The summed E-state index contributed by atoms with van der Waals surface area (Å²) >= 11 is 0. The van der Waals surface area contributed by atoms with Crippen LogP contribution < -0.4 is 42.5 Å². The molecule has 4 amide bonds. The monoisotopic (exact) mass is 1160 g/mol. The number of carbonyl (C=O) groups excluding carboxylic acids is 15. The first-order valence-corrected chi connectivity index (χ1v) is 26.8. The number of aldehydes is 5. The molecule has 0 aliphatic heterocycles. The average molecular weight is 1160 g/mol. The lowest BCUT2D eigenvalue weighted by atomic mass is 9.94. The SMILES string of the molecule is C=CCCC(=O)C[C@@H](CCC(=O)OC(C)(C)C)C(=O)N[C@@H](N[C@@H](C)C=O)C(=O)N(CC=C)[C@@H](N[C@@H](C)C=O)C(=O)N[C@@H](N[C@@H](C)C=O)C(=O)C[C@@H](N[C@@H](C)C=O)C(=O)N[C@@H](CCC(=O)OC(C)(C)C)C(=O)C[C@@H](N[C@@H](C)C=O)C(=O)OC. The molecule has 0 aromatic carbocycles. The topological polar surface area (TPSA) is 383 Å². The van der Waals surface area contributed by atoms with Gasteiger partial charge in [0.2, 0.25) is 11.8 Å². The number of ketones is 3. The van der Waals surface area contributed by atoms with Gasteiger partial charge in [0.05, 0.1) is 49.4 Å². The van der Waals surface area contributed by atoms with Crippen LogP contribution in [0.4, 0.5) is 0 Å². The number of nitrogens with zero attached hydrogens (tertiary/aromatic N) is 1. The Morgan fingerprint density at radius 1 is 0.500 bits per heavy atom. The number of carbonyl (C=O) groups is 15. The van der Waals surface area contributed by atoms with Gasteiger partial charge >= 0.3 is 17.9 Å². The number of ether oxygens (including phenoxy) is 3. The number of allylic oxidation sites excluding steroid dienone is 1. The number of hydrogen-bond acceptors (Lipinski definition) is 23. The zero-order valence-corrected chi connectivity index (χ0v) is 49.3. The summed E-state index contributed by atoms with van der Waals surface area (Å²) in [5, 5.41) is 20.5. The van der Waals surface area contributed by atoms with Gasteiger partial charge in [-0.2, -0.15) is 0 Å². The van der Waals surface area contributed by atoms with Crippen molar-refractivity contribution >= 4 is 90.3 Å². The minimum absolute atomic E-state index is 0.000722. The highest BCUT2D eigenvalue weighted by molar-refractivity contribution is 5.99. The van der Waals surface area contributed by atoms with Gasteiger partial charge in [-0.05, 0) is 95.4 Å². The number of Topliss-reactive ketones (excluding diaryl/α,β-unsaturated/α-hetero) is 3. The molecular weight excluding hydrogens is 1070 g/mol. The summed E-state index contributed by atoms with van der Waals surface area (Å²) < 4.78 is 15.6. The molecule has 0 radical (unpaired) electrons. The predicted octanol–water partition coefficient (Wildman–Crippen LogP) is -0.805. The third-order valence-electron chi connectivity index (χ3n) is 11.5. The Morgan fingerprint density at radius 2 is 0.951 bits per heavy atom. The third kappa shape index (κ3) is 30.1. The molecule has 0 spiro atoms. The summed E-state index contributed by atoms with van der Waals surface area (Å²) in [6.07, 6.45) is -4.25. The van der Waals surface area contributed by atoms with Crippen LogP contribution in [0.25, 0.3) is 0 Å². The predicted molar refractivity (Wildman–Crippen MR) is 296 cm³/mol. The van der Waals surface area contributed by atoms with Crippen LogP contribution in [-0.2, 0) is 86.1 Å². The molecule has 0 saturated heterocycles. The fourth-order valence-corrected chi connectivity index (χ4v) is 7.55. The van der Waals surface area contributed by atoms with Gasteiger partial charge in [-0.1, -0.05) is 12.2 Å². The Hall–Kier alpha value is -7.07. The largest absolute Gasteiger partial charge is 0.468 e. The first-order valence-electron chi connectivity index (χ1n) is 26.8. The number of methoxy groups -OCH3 is 1. The molecule has 0 saturated carbocycles. The number of esters is 3. The van der Waals surface area contributed by atoms with E-state index in [0.29, 0.717) is 31.4 Å². The van der Waals surface area contributed by atoms with Gasteiger partial charge in [-0.15, -0.1) is 13.2 Å². The van der Waals surface area contributed by atoms with Crippen molar-refractivity contribution in [1.29, 1.82) is 0 Å². The van der Waals surface area contributed by atoms with E-state index in [0.717, 1.165) is 18.1 Å². The van der Waals surface area contributed by atoms with E-state index >= 15 is 0 Å². The van der Waals surface area contributed by atoms with Crippen LogP contribution in [0.2, 0.25) is 0 Å². The molecule has 0 aliphatic carbocycles. The maximum absolute atomic E-state index is 14.8. The lowest BCUT2D eigenvalue weighted by Crippen LogP contribution is -2.67. The van der Waals surface area contributed by atoms with Crippen LogP contribution in [0.3, 0.4) is 0 Å². The van der Waals surface area contributed by atoms with E-state index in [1.54, 1.807) is 41.5 Å². The number of hydrogen-bond donors (Lipinski definition) is 8. The molecule has 0 bridgehead atoms. The van der Waals surface area contributed by atoms with Crippen LogP contribution in [0.1, 0.15) is 134 Å². The van der Waals surface area contributed by atoms with E-state index in [9.17, 15) is 71.9 Å². The van der Waals surface area contributed by atoms with Gasteiger partial charge in [-0.25, -0.2) is 0 Å². The van der Waals surface area contributed by atoms with Gasteiger partial charge in [-0.3, -0.25) is 74.5 Å². The van der Waals surface area contributed by atoms with E-state index in [4.69, 9.17) is 14.2 Å². The molecule has 0 rings (SSSR count). The van der Waals surface area contributed by atoms with E-state index in [-0.39, 0.29) is 37.9 Å². The second-order valence-corrected chi connectivity index (χ2v) is 21.6. The van der Waals surface area contributed by atoms with E-state index < -0.39 is 169 Å². The van der Waals surface area contributed by atoms with Gasteiger partial charge in [0.25, 0.3) is 11.8 Å².